The van der Waals surface area contributed by atoms with Crippen LogP contribution in [0.2, 0.25) is 0 Å². The Morgan fingerprint density at radius 1 is 1.56 bits per heavy atom. The quantitative estimate of drug-likeness (QED) is 0.842. The van der Waals surface area contributed by atoms with E-state index < -0.39 is 0 Å². The van der Waals surface area contributed by atoms with Crippen LogP contribution < -0.4 is 5.32 Å². The van der Waals surface area contributed by atoms with Gasteiger partial charge in [0.25, 0.3) is 0 Å². The van der Waals surface area contributed by atoms with Crippen LogP contribution >= 0.6 is 0 Å². The van der Waals surface area contributed by atoms with Crippen molar-refractivity contribution >= 4 is 5.91 Å². The second-order valence-corrected chi connectivity index (χ2v) is 4.21. The van der Waals surface area contributed by atoms with Gasteiger partial charge < -0.3 is 9.73 Å². The fraction of sp³-hybridized carbons (Fsp3) is 0.385. The number of hydrogen-bond donors (Lipinski definition) is 1. The third-order valence-corrected chi connectivity index (χ3v) is 2.60. The van der Waals surface area contributed by atoms with Gasteiger partial charge in [-0.05, 0) is 24.6 Å². The Balaban J connectivity index is 1.63. The van der Waals surface area contributed by atoms with Crippen molar-refractivity contribution < 1.29 is 9.21 Å². The lowest BCUT2D eigenvalue weighted by Gasteiger charge is -2.04. The summed E-state index contributed by atoms with van der Waals surface area (Å²) in [6.45, 7) is 3.28. The first-order chi connectivity index (χ1) is 8.74. The lowest BCUT2D eigenvalue weighted by molar-refractivity contribution is -0.121. The van der Waals surface area contributed by atoms with Gasteiger partial charge >= 0.3 is 0 Å². The Morgan fingerprint density at radius 3 is 3.11 bits per heavy atom. The molecule has 5 heteroatoms. The molecule has 2 aromatic heterocycles. The zero-order valence-electron chi connectivity index (χ0n) is 10.4. The monoisotopic (exact) mass is 247 g/mol. The highest BCUT2D eigenvalue weighted by Gasteiger charge is 2.03. The van der Waals surface area contributed by atoms with Crippen molar-refractivity contribution in [1.82, 2.24) is 15.1 Å². The van der Waals surface area contributed by atoms with Crippen LogP contribution in [0.3, 0.4) is 0 Å². The van der Waals surface area contributed by atoms with Crippen molar-refractivity contribution in [3.8, 4) is 0 Å². The Kier molecular flexibility index (Phi) is 4.17. The van der Waals surface area contributed by atoms with E-state index >= 15 is 0 Å². The molecule has 2 rings (SSSR count). The van der Waals surface area contributed by atoms with E-state index in [0.717, 1.165) is 11.3 Å². The number of aryl methyl sites for hydroxylation is 2. The minimum atomic E-state index is 0.0373. The van der Waals surface area contributed by atoms with E-state index in [1.54, 1.807) is 12.5 Å². The van der Waals surface area contributed by atoms with Gasteiger partial charge in [-0.15, -0.1) is 0 Å². The number of carbonyl (C=O) groups is 1. The molecule has 0 bridgehead atoms. The van der Waals surface area contributed by atoms with E-state index in [4.69, 9.17) is 4.42 Å². The number of amides is 1. The average molecular weight is 247 g/mol. The van der Waals surface area contributed by atoms with Crippen LogP contribution in [0.4, 0.5) is 0 Å². The van der Waals surface area contributed by atoms with Crippen molar-refractivity contribution in [3.63, 3.8) is 0 Å². The van der Waals surface area contributed by atoms with Crippen LogP contribution in [0.1, 0.15) is 17.7 Å². The molecule has 1 amide bonds. The van der Waals surface area contributed by atoms with Gasteiger partial charge in [0, 0.05) is 25.6 Å². The van der Waals surface area contributed by atoms with Crippen LogP contribution in [-0.4, -0.2) is 22.2 Å². The van der Waals surface area contributed by atoms with Gasteiger partial charge in [-0.25, -0.2) is 0 Å². The molecule has 0 spiro atoms. The molecule has 1 N–H and O–H groups in total. The molecule has 0 aliphatic heterocycles. The molecule has 0 unspecified atom stereocenters. The fourth-order valence-corrected chi connectivity index (χ4v) is 1.68. The molecular formula is C13H17N3O2. The number of nitrogens with one attached hydrogen (secondary N) is 1. The summed E-state index contributed by atoms with van der Waals surface area (Å²) in [6.07, 6.45) is 6.46. The maximum atomic E-state index is 11.6. The first-order valence-electron chi connectivity index (χ1n) is 6.02. The van der Waals surface area contributed by atoms with Crippen molar-refractivity contribution in [3.05, 3.63) is 42.1 Å². The highest BCUT2D eigenvalue weighted by Crippen LogP contribution is 2.03. The first-order valence-corrected chi connectivity index (χ1v) is 6.02. The molecule has 2 heterocycles. The summed E-state index contributed by atoms with van der Waals surface area (Å²) < 4.78 is 6.99. The number of hydrogen-bond acceptors (Lipinski definition) is 3. The summed E-state index contributed by atoms with van der Waals surface area (Å²) in [4.78, 5) is 11.6. The van der Waals surface area contributed by atoms with Gasteiger partial charge in [-0.2, -0.15) is 5.10 Å². The van der Waals surface area contributed by atoms with Crippen molar-refractivity contribution in [2.24, 2.45) is 0 Å². The summed E-state index contributed by atoms with van der Waals surface area (Å²) in [5.74, 6) is 0.878. The number of furan rings is 1. The van der Waals surface area contributed by atoms with Crippen LogP contribution in [-0.2, 0) is 17.8 Å². The second-order valence-electron chi connectivity index (χ2n) is 4.21. The molecule has 0 fully saturated rings. The fourth-order valence-electron chi connectivity index (χ4n) is 1.68. The molecule has 96 valence electrons. The maximum Gasteiger partial charge on any atom is 0.220 e. The average Bonchev–Trinajstić information content (AvgIpc) is 2.98. The molecule has 18 heavy (non-hydrogen) atoms. The topological polar surface area (TPSA) is 60.1 Å². The first kappa shape index (κ1) is 12.4. The summed E-state index contributed by atoms with van der Waals surface area (Å²) in [5.41, 5.74) is 1.12. The summed E-state index contributed by atoms with van der Waals surface area (Å²) in [6, 6.07) is 3.70. The van der Waals surface area contributed by atoms with Gasteiger partial charge in [0.1, 0.15) is 5.76 Å². The van der Waals surface area contributed by atoms with Gasteiger partial charge in [0.2, 0.25) is 5.91 Å². The predicted octanol–water partition coefficient (Wildman–Crippen LogP) is 1.53. The normalized spacial score (nSPS) is 10.5. The molecule has 0 radical (unpaired) electrons. The number of aromatic nitrogens is 2. The van der Waals surface area contributed by atoms with Gasteiger partial charge in [0.15, 0.2) is 0 Å². The largest absolute Gasteiger partial charge is 0.469 e. The van der Waals surface area contributed by atoms with Gasteiger partial charge in [-0.1, -0.05) is 0 Å². The Hall–Kier alpha value is -2.04. The lowest BCUT2D eigenvalue weighted by atomic mass is 10.2. The SMILES string of the molecule is Cc1cnn(CCNC(=O)CCc2ccco2)c1. The van der Waals surface area contributed by atoms with Crippen molar-refractivity contribution in [2.75, 3.05) is 6.54 Å². The minimum absolute atomic E-state index is 0.0373. The van der Waals surface area contributed by atoms with Crippen LogP contribution in [0.5, 0.6) is 0 Å². The Morgan fingerprint density at radius 2 is 2.44 bits per heavy atom. The molecular weight excluding hydrogens is 230 g/mol. The van der Waals surface area contributed by atoms with E-state index in [1.165, 1.54) is 0 Å². The minimum Gasteiger partial charge on any atom is -0.469 e. The van der Waals surface area contributed by atoms with E-state index in [9.17, 15) is 4.79 Å². The molecule has 0 saturated carbocycles. The second kappa shape index (κ2) is 6.05. The summed E-state index contributed by atoms with van der Waals surface area (Å²) in [7, 11) is 0. The highest BCUT2D eigenvalue weighted by atomic mass is 16.3. The Bertz CT molecular complexity index is 488. The molecule has 0 saturated heterocycles. The third kappa shape index (κ3) is 3.76. The molecule has 0 aromatic carbocycles. The molecule has 2 aromatic rings. The number of nitrogens with zero attached hydrogens (tertiary/aromatic N) is 2. The zero-order valence-corrected chi connectivity index (χ0v) is 10.4. The van der Waals surface area contributed by atoms with Crippen LogP contribution in [0.15, 0.2) is 35.2 Å². The smallest absolute Gasteiger partial charge is 0.220 e. The number of carbonyl (C=O) groups excluding carboxylic acids is 1. The maximum absolute atomic E-state index is 11.6. The van der Waals surface area contributed by atoms with Crippen LogP contribution in [0, 0.1) is 6.92 Å². The van der Waals surface area contributed by atoms with Crippen LogP contribution in [0.25, 0.3) is 0 Å². The van der Waals surface area contributed by atoms with E-state index in [1.807, 2.05) is 29.9 Å². The number of rotatable bonds is 6. The standard InChI is InChI=1S/C13H17N3O2/c1-11-9-15-16(10-11)7-6-14-13(17)5-4-12-3-2-8-18-12/h2-3,8-10H,4-7H2,1H3,(H,14,17). The third-order valence-electron chi connectivity index (χ3n) is 2.60. The Labute approximate surface area is 106 Å². The highest BCUT2D eigenvalue weighted by molar-refractivity contribution is 5.75. The van der Waals surface area contributed by atoms with E-state index in [0.29, 0.717) is 25.9 Å². The molecule has 0 aliphatic rings. The van der Waals surface area contributed by atoms with E-state index in [2.05, 4.69) is 10.4 Å². The summed E-state index contributed by atoms with van der Waals surface area (Å²) in [5, 5.41) is 7.01. The van der Waals surface area contributed by atoms with Crippen molar-refractivity contribution in [2.45, 2.75) is 26.3 Å². The van der Waals surface area contributed by atoms with E-state index in [-0.39, 0.29) is 5.91 Å². The molecule has 0 atom stereocenters. The lowest BCUT2D eigenvalue weighted by Crippen LogP contribution is -2.27. The molecule has 0 aliphatic carbocycles. The van der Waals surface area contributed by atoms with Gasteiger partial charge in [-0.3, -0.25) is 9.48 Å². The predicted molar refractivity (Wildman–Crippen MR) is 67.0 cm³/mol. The zero-order chi connectivity index (χ0) is 12.8. The molecule has 5 nitrogen and oxygen atoms in total. The van der Waals surface area contributed by atoms with Crippen molar-refractivity contribution in [1.29, 1.82) is 0 Å². The summed E-state index contributed by atoms with van der Waals surface area (Å²) >= 11 is 0. The van der Waals surface area contributed by atoms with Gasteiger partial charge in [0.05, 0.1) is 19.0 Å².